The number of allylic oxidation sites excluding steroid dienone is 2. The number of nitrogens with zero attached hydrogens (tertiary/aromatic N) is 2. The molecule has 1 fully saturated rings. The van der Waals surface area contributed by atoms with Crippen LogP contribution in [0.1, 0.15) is 27.7 Å². The van der Waals surface area contributed by atoms with Crippen molar-refractivity contribution in [2.75, 3.05) is 26.7 Å². The maximum Gasteiger partial charge on any atom is 0.0277 e. The minimum absolute atomic E-state index is 0.682. The molecule has 0 radical (unpaired) electrons. The highest BCUT2D eigenvalue weighted by Gasteiger charge is 2.29. The summed E-state index contributed by atoms with van der Waals surface area (Å²) in [6.45, 7) is 12.8. The van der Waals surface area contributed by atoms with Crippen molar-refractivity contribution in [3.05, 3.63) is 11.6 Å². The van der Waals surface area contributed by atoms with Gasteiger partial charge in [0.25, 0.3) is 0 Å². The van der Waals surface area contributed by atoms with Crippen molar-refractivity contribution < 1.29 is 0 Å². The first-order chi connectivity index (χ1) is 7.52. The van der Waals surface area contributed by atoms with E-state index in [0.29, 0.717) is 5.92 Å². The molecule has 1 unspecified atom stereocenters. The van der Waals surface area contributed by atoms with Gasteiger partial charge in [-0.3, -0.25) is 4.99 Å². The third-order valence-corrected chi connectivity index (χ3v) is 3.21. The van der Waals surface area contributed by atoms with E-state index in [1.807, 2.05) is 13.3 Å². The second kappa shape index (κ2) is 6.19. The smallest absolute Gasteiger partial charge is 0.0277 e. The van der Waals surface area contributed by atoms with E-state index in [1.165, 1.54) is 25.2 Å². The molecular weight excluding hydrogens is 196 g/mol. The molecule has 0 N–H and O–H groups in total. The number of hydrogen-bond donors (Lipinski definition) is 0. The van der Waals surface area contributed by atoms with Gasteiger partial charge in [-0.05, 0) is 30.3 Å². The highest BCUT2D eigenvalue weighted by atomic mass is 15.2. The van der Waals surface area contributed by atoms with Gasteiger partial charge in [0.15, 0.2) is 0 Å². The monoisotopic (exact) mass is 222 g/mol. The van der Waals surface area contributed by atoms with E-state index in [4.69, 9.17) is 0 Å². The summed E-state index contributed by atoms with van der Waals surface area (Å²) in [4.78, 5) is 6.60. The number of rotatable bonds is 5. The number of aliphatic imine (C=N–C) groups is 1. The predicted octanol–water partition coefficient (Wildman–Crippen LogP) is 2.86. The second-order valence-corrected chi connectivity index (χ2v) is 5.53. The Morgan fingerprint density at radius 2 is 2.00 bits per heavy atom. The van der Waals surface area contributed by atoms with Crippen molar-refractivity contribution >= 4 is 6.21 Å². The van der Waals surface area contributed by atoms with E-state index in [0.717, 1.165) is 11.8 Å². The molecular formula is C14H26N2. The lowest BCUT2D eigenvalue weighted by Gasteiger charge is -2.42. The molecule has 1 aliphatic rings. The zero-order chi connectivity index (χ0) is 12.1. The molecule has 92 valence electrons. The summed E-state index contributed by atoms with van der Waals surface area (Å²) in [5.74, 6) is 2.32. The fourth-order valence-corrected chi connectivity index (χ4v) is 2.41. The molecule has 2 nitrogen and oxygen atoms in total. The van der Waals surface area contributed by atoms with Crippen LogP contribution in [0, 0.1) is 17.8 Å². The van der Waals surface area contributed by atoms with Gasteiger partial charge in [0.1, 0.15) is 0 Å². The van der Waals surface area contributed by atoms with Gasteiger partial charge >= 0.3 is 0 Å². The van der Waals surface area contributed by atoms with Gasteiger partial charge in [-0.2, -0.15) is 0 Å². The van der Waals surface area contributed by atoms with Crippen molar-refractivity contribution in [3.8, 4) is 0 Å². The Morgan fingerprint density at radius 3 is 2.50 bits per heavy atom. The summed E-state index contributed by atoms with van der Waals surface area (Å²) >= 11 is 0. The molecule has 0 aromatic rings. The normalized spacial score (nSPS) is 21.8. The average Bonchev–Trinajstić information content (AvgIpc) is 2.10. The molecule has 0 aromatic heterocycles. The van der Waals surface area contributed by atoms with Crippen LogP contribution in [0.25, 0.3) is 0 Å². The average molecular weight is 222 g/mol. The van der Waals surface area contributed by atoms with Crippen molar-refractivity contribution in [1.29, 1.82) is 0 Å². The first-order valence-corrected chi connectivity index (χ1v) is 6.35. The van der Waals surface area contributed by atoms with E-state index in [-0.39, 0.29) is 0 Å². The number of likely N-dealkylation sites (tertiary alicyclic amines) is 1. The Morgan fingerprint density at radius 1 is 1.38 bits per heavy atom. The first-order valence-electron chi connectivity index (χ1n) is 6.35. The van der Waals surface area contributed by atoms with Gasteiger partial charge in [-0.1, -0.05) is 26.8 Å². The van der Waals surface area contributed by atoms with Crippen LogP contribution in [0.4, 0.5) is 0 Å². The molecule has 0 amide bonds. The van der Waals surface area contributed by atoms with Crippen LogP contribution in [0.5, 0.6) is 0 Å². The van der Waals surface area contributed by atoms with E-state index in [9.17, 15) is 0 Å². The summed E-state index contributed by atoms with van der Waals surface area (Å²) < 4.78 is 0. The highest BCUT2D eigenvalue weighted by molar-refractivity contribution is 5.77. The Kier molecular flexibility index (Phi) is 5.20. The fourth-order valence-electron chi connectivity index (χ4n) is 2.41. The molecule has 1 rings (SSSR count). The molecule has 0 aliphatic carbocycles. The Labute approximate surface area is 100 Å². The zero-order valence-corrected chi connectivity index (χ0v) is 11.4. The van der Waals surface area contributed by atoms with Gasteiger partial charge in [0.05, 0.1) is 0 Å². The third kappa shape index (κ3) is 4.09. The molecule has 0 bridgehead atoms. The molecule has 1 atom stereocenters. The summed E-state index contributed by atoms with van der Waals surface area (Å²) in [6.07, 6.45) is 4.30. The van der Waals surface area contributed by atoms with Gasteiger partial charge in [-0.15, -0.1) is 0 Å². The van der Waals surface area contributed by atoms with Crippen molar-refractivity contribution in [2.45, 2.75) is 27.7 Å². The SMILES string of the molecule is C/N=C\C(C)=C/C(C)C1CN(CC(C)C)C1. The van der Waals surface area contributed by atoms with Crippen LogP contribution in [-0.4, -0.2) is 37.8 Å². The van der Waals surface area contributed by atoms with E-state index >= 15 is 0 Å². The highest BCUT2D eigenvalue weighted by Crippen LogP contribution is 2.25. The van der Waals surface area contributed by atoms with Crippen LogP contribution in [0.3, 0.4) is 0 Å². The summed E-state index contributed by atoms with van der Waals surface area (Å²) in [5.41, 5.74) is 1.29. The fraction of sp³-hybridized carbons (Fsp3) is 0.786. The second-order valence-electron chi connectivity index (χ2n) is 5.53. The van der Waals surface area contributed by atoms with Crippen LogP contribution in [0.2, 0.25) is 0 Å². The van der Waals surface area contributed by atoms with Crippen molar-refractivity contribution in [3.63, 3.8) is 0 Å². The Balaban J connectivity index is 2.31. The maximum atomic E-state index is 4.04. The van der Waals surface area contributed by atoms with Gasteiger partial charge in [0, 0.05) is 32.9 Å². The molecule has 1 saturated heterocycles. The van der Waals surface area contributed by atoms with E-state index < -0.39 is 0 Å². The van der Waals surface area contributed by atoms with Crippen LogP contribution < -0.4 is 0 Å². The minimum Gasteiger partial charge on any atom is -0.302 e. The van der Waals surface area contributed by atoms with Crippen LogP contribution in [-0.2, 0) is 0 Å². The Bertz CT molecular complexity index is 260. The third-order valence-electron chi connectivity index (χ3n) is 3.21. The molecule has 0 aromatic carbocycles. The first kappa shape index (κ1) is 13.4. The molecule has 0 spiro atoms. The Hall–Kier alpha value is -0.630. The lowest BCUT2D eigenvalue weighted by Crippen LogP contribution is -2.50. The summed E-state index contributed by atoms with van der Waals surface area (Å²) in [7, 11) is 1.83. The molecule has 1 heterocycles. The van der Waals surface area contributed by atoms with E-state index in [2.05, 4.69) is 43.7 Å². The lowest BCUT2D eigenvalue weighted by atomic mass is 9.85. The standard InChI is InChI=1S/C14H26N2/c1-11(2)8-16-9-14(10-16)13(4)6-12(3)7-15-5/h6-7,11,13-14H,8-10H2,1-5H3/b12-6-,15-7-. The molecule has 16 heavy (non-hydrogen) atoms. The number of hydrogen-bond acceptors (Lipinski definition) is 2. The minimum atomic E-state index is 0.682. The summed E-state index contributed by atoms with van der Waals surface area (Å²) in [5, 5.41) is 0. The van der Waals surface area contributed by atoms with Gasteiger partial charge < -0.3 is 4.90 Å². The maximum absolute atomic E-state index is 4.04. The van der Waals surface area contributed by atoms with Crippen molar-refractivity contribution in [2.24, 2.45) is 22.7 Å². The quantitative estimate of drug-likeness (QED) is 0.653. The predicted molar refractivity (Wildman–Crippen MR) is 72.1 cm³/mol. The molecule has 0 saturated carbocycles. The topological polar surface area (TPSA) is 15.6 Å². The lowest BCUT2D eigenvalue weighted by molar-refractivity contribution is 0.0652. The van der Waals surface area contributed by atoms with Gasteiger partial charge in [0.2, 0.25) is 0 Å². The van der Waals surface area contributed by atoms with Crippen LogP contribution in [0.15, 0.2) is 16.6 Å². The van der Waals surface area contributed by atoms with Crippen LogP contribution >= 0.6 is 0 Å². The molecule has 2 heteroatoms. The molecule has 1 aliphatic heterocycles. The largest absolute Gasteiger partial charge is 0.302 e. The summed E-state index contributed by atoms with van der Waals surface area (Å²) in [6, 6.07) is 0. The van der Waals surface area contributed by atoms with Gasteiger partial charge in [-0.25, -0.2) is 0 Å². The van der Waals surface area contributed by atoms with Crippen molar-refractivity contribution in [1.82, 2.24) is 4.90 Å². The zero-order valence-electron chi connectivity index (χ0n) is 11.4. The van der Waals surface area contributed by atoms with E-state index in [1.54, 1.807) is 0 Å².